The van der Waals surface area contributed by atoms with Crippen LogP contribution in [0.3, 0.4) is 0 Å². The zero-order valence-electron chi connectivity index (χ0n) is 18.1. The van der Waals surface area contributed by atoms with Gasteiger partial charge in [-0.05, 0) is 55.3 Å². The van der Waals surface area contributed by atoms with Gasteiger partial charge in [-0.3, -0.25) is 0 Å². The van der Waals surface area contributed by atoms with Crippen LogP contribution >= 0.6 is 0 Å². The number of sulfonamides is 1. The van der Waals surface area contributed by atoms with Gasteiger partial charge in [-0.25, -0.2) is 13.4 Å². The van der Waals surface area contributed by atoms with Gasteiger partial charge in [-0.2, -0.15) is 4.31 Å². The second-order valence-electron chi connectivity index (χ2n) is 7.76. The van der Waals surface area contributed by atoms with Gasteiger partial charge in [0.05, 0.1) is 0 Å². The fraction of sp³-hybridized carbons (Fsp3) is 0.261. The third-order valence-corrected chi connectivity index (χ3v) is 6.82. The molecule has 3 heterocycles. The van der Waals surface area contributed by atoms with Crippen molar-refractivity contribution < 1.29 is 8.42 Å². The van der Waals surface area contributed by atoms with E-state index in [-0.39, 0.29) is 0 Å². The van der Waals surface area contributed by atoms with E-state index in [1.54, 1.807) is 12.3 Å². The summed E-state index contributed by atoms with van der Waals surface area (Å²) in [6, 6.07) is 15.3. The molecule has 1 aliphatic rings. The van der Waals surface area contributed by atoms with Gasteiger partial charge in [0.15, 0.2) is 11.6 Å². The Kier molecular flexibility index (Phi) is 6.48. The predicted octanol–water partition coefficient (Wildman–Crippen LogP) is 3.35. The standard InChI is InChI=1S/C23H26N6O2S/c1-18-3-5-20(6-4-18)10-16-32(30,31)29-14-12-28(13-15-29)23-8-7-21(26-27-23)25-22-17-19(2)9-11-24-22/h3-11,16-17H,12-15H2,1-2H3,(H,24,25,26)/b16-10+. The normalized spacial score (nSPS) is 15.2. The van der Waals surface area contributed by atoms with Crippen LogP contribution in [0.2, 0.25) is 0 Å². The van der Waals surface area contributed by atoms with Crippen molar-refractivity contribution in [1.82, 2.24) is 19.5 Å². The molecule has 1 aliphatic heterocycles. The van der Waals surface area contributed by atoms with E-state index in [9.17, 15) is 8.42 Å². The lowest BCUT2D eigenvalue weighted by atomic mass is 10.2. The highest BCUT2D eigenvalue weighted by atomic mass is 32.2. The second-order valence-corrected chi connectivity index (χ2v) is 9.58. The summed E-state index contributed by atoms with van der Waals surface area (Å²) in [7, 11) is -3.47. The van der Waals surface area contributed by atoms with E-state index in [0.717, 1.165) is 22.5 Å². The topological polar surface area (TPSA) is 91.3 Å². The van der Waals surface area contributed by atoms with Gasteiger partial charge in [-0.15, -0.1) is 10.2 Å². The molecular weight excluding hydrogens is 424 g/mol. The molecule has 0 bridgehead atoms. The van der Waals surface area contributed by atoms with Crippen molar-refractivity contribution in [2.45, 2.75) is 13.8 Å². The van der Waals surface area contributed by atoms with Crippen LogP contribution in [0.5, 0.6) is 0 Å². The predicted molar refractivity (Wildman–Crippen MR) is 127 cm³/mol. The van der Waals surface area contributed by atoms with Crippen molar-refractivity contribution in [2.24, 2.45) is 0 Å². The van der Waals surface area contributed by atoms with Crippen molar-refractivity contribution in [1.29, 1.82) is 0 Å². The van der Waals surface area contributed by atoms with E-state index in [4.69, 9.17) is 0 Å². The van der Waals surface area contributed by atoms with E-state index in [1.807, 2.05) is 67.3 Å². The number of aromatic nitrogens is 3. The number of rotatable bonds is 6. The lowest BCUT2D eigenvalue weighted by Crippen LogP contribution is -2.48. The quantitative estimate of drug-likeness (QED) is 0.616. The van der Waals surface area contributed by atoms with E-state index in [1.165, 1.54) is 9.71 Å². The minimum atomic E-state index is -3.47. The van der Waals surface area contributed by atoms with Gasteiger partial charge in [0.25, 0.3) is 0 Å². The fourth-order valence-electron chi connectivity index (χ4n) is 3.40. The molecule has 1 saturated heterocycles. The zero-order chi connectivity index (χ0) is 22.6. The molecule has 4 rings (SSSR count). The van der Waals surface area contributed by atoms with E-state index < -0.39 is 10.0 Å². The Hall–Kier alpha value is -3.30. The maximum atomic E-state index is 12.7. The molecule has 2 aromatic heterocycles. The summed E-state index contributed by atoms with van der Waals surface area (Å²) in [5, 5.41) is 12.9. The Labute approximate surface area is 188 Å². The van der Waals surface area contributed by atoms with Crippen LogP contribution in [0, 0.1) is 13.8 Å². The molecule has 1 N–H and O–H groups in total. The number of hydrogen-bond acceptors (Lipinski definition) is 7. The monoisotopic (exact) mass is 450 g/mol. The first-order valence-electron chi connectivity index (χ1n) is 10.4. The van der Waals surface area contributed by atoms with Gasteiger partial charge in [0.2, 0.25) is 10.0 Å². The molecule has 0 radical (unpaired) electrons. The summed E-state index contributed by atoms with van der Waals surface area (Å²) in [4.78, 5) is 6.30. The van der Waals surface area contributed by atoms with Crippen molar-refractivity contribution in [3.63, 3.8) is 0 Å². The molecule has 0 saturated carbocycles. The van der Waals surface area contributed by atoms with E-state index in [0.29, 0.717) is 37.8 Å². The Morgan fingerprint density at radius 2 is 1.62 bits per heavy atom. The van der Waals surface area contributed by atoms with Crippen LogP contribution < -0.4 is 10.2 Å². The Morgan fingerprint density at radius 1 is 0.875 bits per heavy atom. The van der Waals surface area contributed by atoms with Gasteiger partial charge in [0.1, 0.15) is 5.82 Å². The molecule has 8 nitrogen and oxygen atoms in total. The minimum absolute atomic E-state index is 0.398. The minimum Gasteiger partial charge on any atom is -0.352 e. The van der Waals surface area contributed by atoms with Crippen molar-refractivity contribution >= 4 is 33.6 Å². The Morgan fingerprint density at radius 3 is 2.28 bits per heavy atom. The highest BCUT2D eigenvalue weighted by molar-refractivity contribution is 7.92. The van der Waals surface area contributed by atoms with E-state index >= 15 is 0 Å². The van der Waals surface area contributed by atoms with Crippen LogP contribution in [0.25, 0.3) is 6.08 Å². The van der Waals surface area contributed by atoms with Crippen LogP contribution in [-0.4, -0.2) is 54.1 Å². The molecule has 0 atom stereocenters. The number of piperazine rings is 1. The Bertz CT molecular complexity index is 1190. The summed E-state index contributed by atoms with van der Waals surface area (Å²) in [5.41, 5.74) is 3.11. The molecule has 0 spiro atoms. The first kappa shape index (κ1) is 21.9. The lowest BCUT2D eigenvalue weighted by Gasteiger charge is -2.33. The third kappa shape index (κ3) is 5.49. The number of benzene rings is 1. The van der Waals surface area contributed by atoms with E-state index in [2.05, 4.69) is 20.5 Å². The number of hydrogen-bond donors (Lipinski definition) is 1. The largest absolute Gasteiger partial charge is 0.352 e. The van der Waals surface area contributed by atoms with Crippen molar-refractivity contribution in [2.75, 3.05) is 36.4 Å². The molecule has 3 aromatic rings. The summed E-state index contributed by atoms with van der Waals surface area (Å²) in [5.74, 6) is 2.04. The average Bonchev–Trinajstić information content (AvgIpc) is 2.79. The van der Waals surface area contributed by atoms with Crippen LogP contribution in [0.1, 0.15) is 16.7 Å². The molecule has 32 heavy (non-hydrogen) atoms. The highest BCUT2D eigenvalue weighted by Gasteiger charge is 2.25. The van der Waals surface area contributed by atoms with Gasteiger partial charge in [0, 0.05) is 37.8 Å². The first-order valence-corrected chi connectivity index (χ1v) is 11.9. The Balaban J connectivity index is 1.34. The van der Waals surface area contributed by atoms with Crippen molar-refractivity contribution in [3.05, 3.63) is 76.8 Å². The average molecular weight is 451 g/mol. The SMILES string of the molecule is Cc1ccc(/C=C/S(=O)(=O)N2CCN(c3ccc(Nc4cc(C)ccn4)nn3)CC2)cc1. The zero-order valence-corrected chi connectivity index (χ0v) is 19.0. The number of anilines is 3. The number of nitrogens with one attached hydrogen (secondary N) is 1. The summed E-state index contributed by atoms with van der Waals surface area (Å²) in [6.45, 7) is 5.90. The maximum Gasteiger partial charge on any atom is 0.236 e. The fourth-order valence-corrected chi connectivity index (χ4v) is 4.57. The van der Waals surface area contributed by atoms with Gasteiger partial charge in [-0.1, -0.05) is 29.8 Å². The summed E-state index contributed by atoms with van der Waals surface area (Å²) < 4.78 is 26.9. The van der Waals surface area contributed by atoms with Gasteiger partial charge >= 0.3 is 0 Å². The van der Waals surface area contributed by atoms with Crippen LogP contribution in [-0.2, 0) is 10.0 Å². The summed E-state index contributed by atoms with van der Waals surface area (Å²) in [6.07, 6.45) is 3.38. The molecule has 166 valence electrons. The molecule has 1 fully saturated rings. The maximum absolute atomic E-state index is 12.7. The molecule has 9 heteroatoms. The van der Waals surface area contributed by atoms with Crippen LogP contribution in [0.15, 0.2) is 60.1 Å². The van der Waals surface area contributed by atoms with Crippen molar-refractivity contribution in [3.8, 4) is 0 Å². The smallest absolute Gasteiger partial charge is 0.236 e. The van der Waals surface area contributed by atoms with Crippen LogP contribution in [0.4, 0.5) is 17.5 Å². The molecule has 1 aromatic carbocycles. The highest BCUT2D eigenvalue weighted by Crippen LogP contribution is 2.19. The number of pyridine rings is 1. The molecular formula is C23H26N6O2S. The first-order chi connectivity index (χ1) is 15.4. The van der Waals surface area contributed by atoms with Gasteiger partial charge < -0.3 is 10.2 Å². The molecule has 0 amide bonds. The third-order valence-electron chi connectivity index (χ3n) is 5.25. The number of nitrogens with zero attached hydrogens (tertiary/aromatic N) is 5. The second kappa shape index (κ2) is 9.46. The number of aryl methyl sites for hydroxylation is 2. The molecule has 0 unspecified atom stereocenters. The summed E-state index contributed by atoms with van der Waals surface area (Å²) >= 11 is 0. The lowest BCUT2D eigenvalue weighted by molar-refractivity contribution is 0.388. The molecule has 0 aliphatic carbocycles.